The van der Waals surface area contributed by atoms with Crippen molar-refractivity contribution in [3.63, 3.8) is 0 Å². The summed E-state index contributed by atoms with van der Waals surface area (Å²) in [6.45, 7) is 1.67. The standard InChI is InChI=1S/C22H14Cl3FN2O3S/c1-11(19-13(23)7-8-14(24)20(19)25)31-17-10-18-16(9-15(17)26)27-21(32-18)28(22(29)30)12-5-3-2-4-6-12/h2-11H,1H3,(H,29,30). The lowest BCUT2D eigenvalue weighted by Gasteiger charge is -2.18. The van der Waals surface area contributed by atoms with E-state index in [4.69, 9.17) is 39.5 Å². The Morgan fingerprint density at radius 2 is 1.81 bits per heavy atom. The van der Waals surface area contributed by atoms with Crippen molar-refractivity contribution < 1.29 is 19.0 Å². The number of rotatable bonds is 5. The molecule has 0 aliphatic carbocycles. The molecule has 164 valence electrons. The van der Waals surface area contributed by atoms with Crippen molar-refractivity contribution in [1.82, 2.24) is 4.98 Å². The Labute approximate surface area is 201 Å². The predicted octanol–water partition coefficient (Wildman–Crippen LogP) is 8.35. The quantitative estimate of drug-likeness (QED) is 0.273. The zero-order valence-electron chi connectivity index (χ0n) is 16.4. The monoisotopic (exact) mass is 510 g/mol. The molecule has 10 heteroatoms. The van der Waals surface area contributed by atoms with Gasteiger partial charge in [0.05, 0.1) is 25.9 Å². The fourth-order valence-corrected chi connectivity index (χ4v) is 4.98. The number of hydrogen-bond acceptors (Lipinski definition) is 4. The molecule has 0 spiro atoms. The van der Waals surface area contributed by atoms with Crippen LogP contribution >= 0.6 is 46.1 Å². The van der Waals surface area contributed by atoms with Crippen molar-refractivity contribution in [3.8, 4) is 5.75 Å². The van der Waals surface area contributed by atoms with Crippen molar-refractivity contribution in [2.24, 2.45) is 0 Å². The fourth-order valence-electron chi connectivity index (χ4n) is 3.15. The molecule has 0 bridgehead atoms. The molecular formula is C22H14Cl3FN2O3S. The molecule has 1 heterocycles. The highest BCUT2D eigenvalue weighted by Gasteiger charge is 2.23. The average molecular weight is 512 g/mol. The van der Waals surface area contributed by atoms with Crippen LogP contribution in [0.25, 0.3) is 10.2 Å². The second kappa shape index (κ2) is 9.11. The fraction of sp³-hybridized carbons (Fsp3) is 0.0909. The number of nitrogens with zero attached hydrogens (tertiary/aromatic N) is 2. The first kappa shape index (κ1) is 22.6. The molecule has 0 aliphatic rings. The molecule has 1 atom stereocenters. The van der Waals surface area contributed by atoms with Crippen LogP contribution in [0.15, 0.2) is 54.6 Å². The zero-order chi connectivity index (χ0) is 23.0. The van der Waals surface area contributed by atoms with Crippen LogP contribution in [0.5, 0.6) is 5.75 Å². The zero-order valence-corrected chi connectivity index (χ0v) is 19.4. The number of ether oxygens (including phenoxy) is 1. The summed E-state index contributed by atoms with van der Waals surface area (Å²) in [7, 11) is 0. The minimum absolute atomic E-state index is 0.0473. The Kier molecular flexibility index (Phi) is 6.44. The average Bonchev–Trinajstić information content (AvgIpc) is 3.13. The molecule has 0 radical (unpaired) electrons. The molecule has 1 unspecified atom stereocenters. The number of halogens is 4. The Morgan fingerprint density at radius 3 is 2.50 bits per heavy atom. The van der Waals surface area contributed by atoms with E-state index in [1.54, 1.807) is 49.4 Å². The summed E-state index contributed by atoms with van der Waals surface area (Å²) < 4.78 is 21.1. The predicted molar refractivity (Wildman–Crippen MR) is 127 cm³/mol. The van der Waals surface area contributed by atoms with Crippen LogP contribution in [-0.4, -0.2) is 16.2 Å². The maximum atomic E-state index is 14.8. The van der Waals surface area contributed by atoms with Crippen molar-refractivity contribution >= 4 is 73.3 Å². The molecule has 0 fully saturated rings. The molecule has 1 aromatic heterocycles. The van der Waals surface area contributed by atoms with Gasteiger partial charge in [0.25, 0.3) is 0 Å². The lowest BCUT2D eigenvalue weighted by atomic mass is 10.1. The summed E-state index contributed by atoms with van der Waals surface area (Å²) >= 11 is 19.7. The van der Waals surface area contributed by atoms with Crippen LogP contribution in [0.1, 0.15) is 18.6 Å². The third-order valence-corrected chi connectivity index (χ3v) is 6.77. The van der Waals surface area contributed by atoms with Gasteiger partial charge in [0, 0.05) is 22.7 Å². The number of carboxylic acid groups (broad SMARTS) is 1. The highest BCUT2D eigenvalue weighted by molar-refractivity contribution is 7.22. The van der Waals surface area contributed by atoms with Crippen molar-refractivity contribution in [2.45, 2.75) is 13.0 Å². The van der Waals surface area contributed by atoms with Gasteiger partial charge in [-0.15, -0.1) is 0 Å². The SMILES string of the molecule is CC(Oc1cc2sc(N(C(=O)O)c3ccccc3)nc2cc1F)c1c(Cl)ccc(Cl)c1Cl. The van der Waals surface area contributed by atoms with E-state index in [0.29, 0.717) is 31.5 Å². The molecular weight excluding hydrogens is 498 g/mol. The number of hydrogen-bond donors (Lipinski definition) is 1. The summed E-state index contributed by atoms with van der Waals surface area (Å²) in [5, 5.41) is 10.8. The number of anilines is 2. The summed E-state index contributed by atoms with van der Waals surface area (Å²) in [6, 6.07) is 14.3. The van der Waals surface area contributed by atoms with Crippen molar-refractivity contribution in [2.75, 3.05) is 4.90 Å². The molecule has 3 aromatic carbocycles. The summed E-state index contributed by atoms with van der Waals surface area (Å²) in [5.74, 6) is -0.703. The van der Waals surface area contributed by atoms with Gasteiger partial charge in [-0.25, -0.2) is 19.1 Å². The molecule has 0 saturated heterocycles. The van der Waals surface area contributed by atoms with E-state index in [1.165, 1.54) is 12.1 Å². The largest absolute Gasteiger partial charge is 0.483 e. The second-order valence-corrected chi connectivity index (χ2v) is 8.92. The normalized spacial score (nSPS) is 12.0. The van der Waals surface area contributed by atoms with Gasteiger partial charge < -0.3 is 9.84 Å². The Morgan fingerprint density at radius 1 is 1.12 bits per heavy atom. The number of aromatic nitrogens is 1. The number of benzene rings is 3. The first-order valence-corrected chi connectivity index (χ1v) is 11.2. The van der Waals surface area contributed by atoms with Gasteiger partial charge in [0.1, 0.15) is 6.10 Å². The van der Waals surface area contributed by atoms with E-state index in [-0.39, 0.29) is 15.9 Å². The van der Waals surface area contributed by atoms with Gasteiger partial charge in [-0.05, 0) is 31.2 Å². The van der Waals surface area contributed by atoms with Crippen molar-refractivity contribution in [1.29, 1.82) is 0 Å². The van der Waals surface area contributed by atoms with Crippen LogP contribution in [0, 0.1) is 5.82 Å². The summed E-state index contributed by atoms with van der Waals surface area (Å²) in [6.07, 6.45) is -1.90. The number of carbonyl (C=O) groups is 1. The van der Waals surface area contributed by atoms with Gasteiger partial charge in [0.15, 0.2) is 11.6 Å². The minimum atomic E-state index is -1.20. The minimum Gasteiger partial charge on any atom is -0.483 e. The number of fused-ring (bicyclic) bond motifs is 1. The molecule has 1 amide bonds. The first-order valence-electron chi connectivity index (χ1n) is 9.24. The lowest BCUT2D eigenvalue weighted by molar-refractivity contribution is 0.205. The van der Waals surface area contributed by atoms with Gasteiger partial charge in [-0.2, -0.15) is 0 Å². The summed E-state index contributed by atoms with van der Waals surface area (Å²) in [4.78, 5) is 17.2. The molecule has 32 heavy (non-hydrogen) atoms. The summed E-state index contributed by atoms with van der Waals surface area (Å²) in [5.41, 5.74) is 1.17. The maximum Gasteiger partial charge on any atom is 0.418 e. The van der Waals surface area contributed by atoms with Gasteiger partial charge in [-0.1, -0.05) is 64.3 Å². The molecule has 5 nitrogen and oxygen atoms in total. The van der Waals surface area contributed by atoms with E-state index < -0.39 is 18.0 Å². The third kappa shape index (κ3) is 4.34. The van der Waals surface area contributed by atoms with Crippen LogP contribution in [0.3, 0.4) is 0 Å². The van der Waals surface area contributed by atoms with E-state index in [0.717, 1.165) is 16.2 Å². The van der Waals surface area contributed by atoms with Gasteiger partial charge >= 0.3 is 6.09 Å². The van der Waals surface area contributed by atoms with Gasteiger partial charge in [0.2, 0.25) is 5.13 Å². The Bertz CT molecular complexity index is 1320. The van der Waals surface area contributed by atoms with E-state index >= 15 is 0 Å². The van der Waals surface area contributed by atoms with E-state index in [9.17, 15) is 14.3 Å². The van der Waals surface area contributed by atoms with Gasteiger partial charge in [-0.3, -0.25) is 0 Å². The van der Waals surface area contributed by atoms with Crippen LogP contribution in [0.4, 0.5) is 20.0 Å². The molecule has 0 aliphatic heterocycles. The molecule has 1 N–H and O–H groups in total. The highest BCUT2D eigenvalue weighted by atomic mass is 35.5. The molecule has 4 rings (SSSR count). The highest BCUT2D eigenvalue weighted by Crippen LogP contribution is 2.40. The number of amides is 1. The lowest BCUT2D eigenvalue weighted by Crippen LogP contribution is -2.23. The molecule has 4 aromatic rings. The van der Waals surface area contributed by atoms with E-state index in [1.807, 2.05) is 0 Å². The first-order chi connectivity index (χ1) is 15.3. The van der Waals surface area contributed by atoms with Crippen molar-refractivity contribution in [3.05, 3.63) is 81.0 Å². The van der Waals surface area contributed by atoms with E-state index in [2.05, 4.69) is 4.98 Å². The Hall–Kier alpha value is -2.58. The van der Waals surface area contributed by atoms with Crippen LogP contribution in [-0.2, 0) is 0 Å². The topological polar surface area (TPSA) is 62.7 Å². The molecule has 0 saturated carbocycles. The maximum absolute atomic E-state index is 14.8. The smallest absolute Gasteiger partial charge is 0.418 e. The number of para-hydroxylation sites is 1. The van der Waals surface area contributed by atoms with Crippen LogP contribution in [0.2, 0.25) is 15.1 Å². The number of thiazole rings is 1. The third-order valence-electron chi connectivity index (χ3n) is 4.62. The Balaban J connectivity index is 1.70. The van der Waals surface area contributed by atoms with Crippen LogP contribution < -0.4 is 9.64 Å². The second-order valence-electron chi connectivity index (χ2n) is 6.72.